The minimum Gasteiger partial charge on any atom is -0.413 e. The van der Waals surface area contributed by atoms with Crippen LogP contribution >= 0.6 is 0 Å². The fourth-order valence-electron chi connectivity index (χ4n) is 0.589. The van der Waals surface area contributed by atoms with E-state index in [4.69, 9.17) is 10.8 Å². The van der Waals surface area contributed by atoms with Crippen molar-refractivity contribution >= 4 is 8.32 Å². The van der Waals surface area contributed by atoms with Crippen LogP contribution in [-0.4, -0.2) is 14.9 Å². The first-order chi connectivity index (χ1) is 5.81. The topological polar surface area (TPSA) is 9.23 Å². The summed E-state index contributed by atoms with van der Waals surface area (Å²) < 4.78 is 5.85. The minimum absolute atomic E-state index is 0.275. The van der Waals surface area contributed by atoms with Gasteiger partial charge in [0, 0.05) is 0 Å². The molecule has 0 atom stereocenters. The summed E-state index contributed by atoms with van der Waals surface area (Å²) in [4.78, 5) is 0. The molecule has 0 spiro atoms. The van der Waals surface area contributed by atoms with E-state index in [1.165, 1.54) is 0 Å². The molecule has 1 nitrogen and oxygen atoms in total. The van der Waals surface area contributed by atoms with Gasteiger partial charge in [-0.2, -0.15) is 0 Å². The van der Waals surface area contributed by atoms with E-state index in [-0.39, 0.29) is 5.04 Å². The second kappa shape index (κ2) is 4.64. The fourth-order valence-corrected chi connectivity index (χ4v) is 1.54. The Kier molecular flexibility index (Phi) is 4.45. The van der Waals surface area contributed by atoms with Crippen molar-refractivity contribution in [2.24, 2.45) is 0 Å². The maximum atomic E-state index is 5.85. The van der Waals surface area contributed by atoms with Crippen LogP contribution in [0.15, 0.2) is 12.2 Å². The van der Waals surface area contributed by atoms with Gasteiger partial charge in [-0.3, -0.25) is 0 Å². The largest absolute Gasteiger partial charge is 0.413 e. The van der Waals surface area contributed by atoms with Gasteiger partial charge >= 0.3 is 0 Å². The molecule has 13 heavy (non-hydrogen) atoms. The summed E-state index contributed by atoms with van der Waals surface area (Å²) >= 11 is 0. The van der Waals surface area contributed by atoms with Crippen LogP contribution in [0.1, 0.15) is 20.8 Å². The fraction of sp³-hybridized carbons (Fsp3) is 0.636. The van der Waals surface area contributed by atoms with E-state index in [2.05, 4.69) is 39.8 Å². The molecule has 0 rings (SSSR count). The Morgan fingerprint density at radius 1 is 1.38 bits per heavy atom. The molecule has 0 saturated carbocycles. The highest BCUT2D eigenvalue weighted by molar-refractivity contribution is 6.74. The standard InChI is InChI=1S/C11H20OSi/c1-7-8-9-10-12-13(5,6)11(2,3)4/h1,8-9H,10H2,2-6H3. The Morgan fingerprint density at radius 3 is 2.31 bits per heavy atom. The van der Waals surface area contributed by atoms with Crippen LogP contribution in [0.3, 0.4) is 0 Å². The van der Waals surface area contributed by atoms with E-state index in [1.54, 1.807) is 6.08 Å². The van der Waals surface area contributed by atoms with Crippen molar-refractivity contribution in [1.29, 1.82) is 0 Å². The zero-order chi connectivity index (χ0) is 10.5. The summed E-state index contributed by atoms with van der Waals surface area (Å²) in [6.07, 6.45) is 8.66. The van der Waals surface area contributed by atoms with Gasteiger partial charge in [-0.15, -0.1) is 6.42 Å². The third kappa shape index (κ3) is 4.30. The van der Waals surface area contributed by atoms with Gasteiger partial charge in [0.1, 0.15) is 0 Å². The van der Waals surface area contributed by atoms with Crippen molar-refractivity contribution in [2.45, 2.75) is 38.9 Å². The molecule has 74 valence electrons. The lowest BCUT2D eigenvalue weighted by Gasteiger charge is -2.35. The number of terminal acetylenes is 1. The normalized spacial score (nSPS) is 13.2. The molecule has 2 heteroatoms. The SMILES string of the molecule is C#CC=CCO[Si](C)(C)C(C)(C)C. The third-order valence-corrected chi connectivity index (χ3v) is 7.06. The molecule has 0 aliphatic carbocycles. The predicted molar refractivity (Wildman–Crippen MR) is 61.1 cm³/mol. The second-order valence-corrected chi connectivity index (χ2v) is 9.45. The number of rotatable bonds is 3. The van der Waals surface area contributed by atoms with Crippen LogP contribution in [0.25, 0.3) is 0 Å². The lowest BCUT2D eigenvalue weighted by Crippen LogP contribution is -2.40. The van der Waals surface area contributed by atoms with E-state index < -0.39 is 8.32 Å². The zero-order valence-corrected chi connectivity index (χ0v) is 10.3. The lowest BCUT2D eigenvalue weighted by atomic mass is 10.2. The van der Waals surface area contributed by atoms with E-state index in [9.17, 15) is 0 Å². The molecular formula is C11H20OSi. The maximum Gasteiger partial charge on any atom is 0.192 e. The first-order valence-corrected chi connectivity index (χ1v) is 7.47. The van der Waals surface area contributed by atoms with Gasteiger partial charge in [-0.25, -0.2) is 0 Å². The van der Waals surface area contributed by atoms with Crippen molar-refractivity contribution in [1.82, 2.24) is 0 Å². The highest BCUT2D eigenvalue weighted by atomic mass is 28.4. The predicted octanol–water partition coefficient (Wildman–Crippen LogP) is 3.20. The average molecular weight is 196 g/mol. The van der Waals surface area contributed by atoms with E-state index in [1.807, 2.05) is 6.08 Å². The van der Waals surface area contributed by atoms with Gasteiger partial charge in [-0.05, 0) is 24.2 Å². The molecule has 0 heterocycles. The van der Waals surface area contributed by atoms with Crippen LogP contribution in [0.4, 0.5) is 0 Å². The summed E-state index contributed by atoms with van der Waals surface area (Å²) in [5.41, 5.74) is 0. The maximum absolute atomic E-state index is 5.85. The molecule has 0 aliphatic heterocycles. The smallest absolute Gasteiger partial charge is 0.192 e. The molecule has 0 amide bonds. The second-order valence-electron chi connectivity index (χ2n) is 4.64. The zero-order valence-electron chi connectivity index (χ0n) is 9.35. The van der Waals surface area contributed by atoms with Crippen molar-refractivity contribution in [3.63, 3.8) is 0 Å². The third-order valence-electron chi connectivity index (χ3n) is 2.56. The van der Waals surface area contributed by atoms with Crippen molar-refractivity contribution in [3.05, 3.63) is 12.2 Å². The van der Waals surface area contributed by atoms with E-state index >= 15 is 0 Å². The van der Waals surface area contributed by atoms with Gasteiger partial charge in [0.15, 0.2) is 8.32 Å². The minimum atomic E-state index is -1.57. The van der Waals surface area contributed by atoms with Crippen LogP contribution in [-0.2, 0) is 4.43 Å². The molecule has 0 aromatic heterocycles. The summed E-state index contributed by atoms with van der Waals surface area (Å²) in [5, 5.41) is 0.275. The molecule has 0 radical (unpaired) electrons. The van der Waals surface area contributed by atoms with Crippen molar-refractivity contribution in [3.8, 4) is 12.3 Å². The molecule has 0 saturated heterocycles. The Balaban J connectivity index is 4.06. The van der Waals surface area contributed by atoms with Crippen molar-refractivity contribution in [2.75, 3.05) is 6.61 Å². The van der Waals surface area contributed by atoms with Crippen LogP contribution in [0.2, 0.25) is 18.1 Å². The Bertz CT molecular complexity index is 215. The van der Waals surface area contributed by atoms with Crippen LogP contribution in [0.5, 0.6) is 0 Å². The van der Waals surface area contributed by atoms with Crippen LogP contribution in [0, 0.1) is 12.3 Å². The average Bonchev–Trinajstić information content (AvgIpc) is 1.96. The molecular weight excluding hydrogens is 176 g/mol. The van der Waals surface area contributed by atoms with Crippen LogP contribution < -0.4 is 0 Å². The molecule has 0 aromatic rings. The first kappa shape index (κ1) is 12.5. The molecule has 0 N–H and O–H groups in total. The van der Waals surface area contributed by atoms with Crippen molar-refractivity contribution < 1.29 is 4.43 Å². The summed E-state index contributed by atoms with van der Waals surface area (Å²) in [7, 11) is -1.57. The van der Waals surface area contributed by atoms with Gasteiger partial charge in [0.25, 0.3) is 0 Å². The van der Waals surface area contributed by atoms with Gasteiger partial charge in [0.05, 0.1) is 6.61 Å². The highest BCUT2D eigenvalue weighted by Crippen LogP contribution is 2.36. The molecule has 0 fully saturated rings. The molecule has 0 aromatic carbocycles. The Hall–Kier alpha value is -0.523. The van der Waals surface area contributed by atoms with E-state index in [0.29, 0.717) is 6.61 Å². The Labute approximate surface area is 83.3 Å². The number of hydrogen-bond acceptors (Lipinski definition) is 1. The summed E-state index contributed by atoms with van der Waals surface area (Å²) in [6.45, 7) is 11.8. The quantitative estimate of drug-likeness (QED) is 0.497. The lowest BCUT2D eigenvalue weighted by molar-refractivity contribution is 0.328. The summed E-state index contributed by atoms with van der Waals surface area (Å²) in [6, 6.07) is 0. The monoisotopic (exact) mass is 196 g/mol. The van der Waals surface area contributed by atoms with Gasteiger partial charge < -0.3 is 4.43 Å². The van der Waals surface area contributed by atoms with Gasteiger partial charge in [0.2, 0.25) is 0 Å². The first-order valence-electron chi connectivity index (χ1n) is 4.56. The van der Waals surface area contributed by atoms with Gasteiger partial charge in [-0.1, -0.05) is 32.8 Å². The summed E-state index contributed by atoms with van der Waals surface area (Å²) in [5.74, 6) is 2.45. The number of hydrogen-bond donors (Lipinski definition) is 0. The molecule has 0 unspecified atom stereocenters. The number of allylic oxidation sites excluding steroid dienone is 1. The molecule has 0 aliphatic rings. The highest BCUT2D eigenvalue weighted by Gasteiger charge is 2.36. The molecule has 0 bridgehead atoms. The Morgan fingerprint density at radius 2 is 1.92 bits per heavy atom. The van der Waals surface area contributed by atoms with E-state index in [0.717, 1.165) is 0 Å².